The van der Waals surface area contributed by atoms with E-state index in [1.54, 1.807) is 10.8 Å². The molecular weight excluding hydrogens is 358 g/mol. The van der Waals surface area contributed by atoms with Gasteiger partial charge in [-0.05, 0) is 24.8 Å². The van der Waals surface area contributed by atoms with Gasteiger partial charge in [-0.2, -0.15) is 5.10 Å². The van der Waals surface area contributed by atoms with Gasteiger partial charge in [0.2, 0.25) is 11.0 Å². The molecule has 0 spiro atoms. The number of carbonyl (C=O) groups excluding carboxylic acids is 1. The van der Waals surface area contributed by atoms with Crippen molar-refractivity contribution in [2.45, 2.75) is 47.6 Å². The van der Waals surface area contributed by atoms with E-state index in [9.17, 15) is 4.79 Å². The highest BCUT2D eigenvalue weighted by Gasteiger charge is 2.13. The lowest BCUT2D eigenvalue weighted by molar-refractivity contribution is -0.111. The maximum Gasteiger partial charge on any atom is 0.250 e. The number of hydrogen-bond acceptors (Lipinski definition) is 5. The van der Waals surface area contributed by atoms with E-state index >= 15 is 0 Å². The van der Waals surface area contributed by atoms with E-state index in [1.807, 2.05) is 6.92 Å². The number of aromatic nitrogens is 4. The molecule has 0 aliphatic carbocycles. The molecule has 0 saturated carbocycles. The Bertz CT molecular complexity index is 763. The van der Waals surface area contributed by atoms with Crippen molar-refractivity contribution in [2.75, 3.05) is 5.32 Å². The van der Waals surface area contributed by atoms with E-state index in [1.165, 1.54) is 17.4 Å². The van der Waals surface area contributed by atoms with E-state index in [2.05, 4.69) is 48.3 Å². The van der Waals surface area contributed by atoms with Crippen LogP contribution in [0.15, 0.2) is 6.08 Å². The smallest absolute Gasteiger partial charge is 0.250 e. The zero-order chi connectivity index (χ0) is 18.6. The number of nitrogens with one attached hydrogen (secondary N) is 1. The third kappa shape index (κ3) is 5.64. The molecule has 0 saturated heterocycles. The fourth-order valence-corrected chi connectivity index (χ4v) is 3.53. The number of anilines is 1. The maximum absolute atomic E-state index is 12.1. The van der Waals surface area contributed by atoms with Crippen LogP contribution in [0.5, 0.6) is 0 Å². The van der Waals surface area contributed by atoms with Crippen LogP contribution < -0.4 is 5.32 Å². The Balaban J connectivity index is 2.03. The minimum atomic E-state index is -0.265. The molecule has 6 nitrogen and oxygen atoms in total. The second-order valence-corrected chi connectivity index (χ2v) is 8.21. The third-order valence-electron chi connectivity index (χ3n) is 3.33. The molecule has 136 valence electrons. The summed E-state index contributed by atoms with van der Waals surface area (Å²) in [6.45, 7) is 11.1. The molecule has 25 heavy (non-hydrogen) atoms. The van der Waals surface area contributed by atoms with Gasteiger partial charge < -0.3 is 0 Å². The fourth-order valence-electron chi connectivity index (χ4n) is 2.27. The Hall–Kier alpha value is -1.73. The second kappa shape index (κ2) is 8.58. The quantitative estimate of drug-likeness (QED) is 0.729. The van der Waals surface area contributed by atoms with Crippen molar-refractivity contribution in [3.63, 3.8) is 0 Å². The standard InChI is InChI=1S/C17H24ClN5OS/c1-10(2)8-15-20-21-17(25-15)19-14(24)7-6-13-12(5)22-23(16(13)18)9-11(3)4/h6-7,10-11H,8-9H2,1-5H3,(H,19,21,24)/b7-6+. The summed E-state index contributed by atoms with van der Waals surface area (Å²) in [4.78, 5) is 12.1. The average Bonchev–Trinajstić information content (AvgIpc) is 3.01. The molecule has 0 bridgehead atoms. The van der Waals surface area contributed by atoms with Crippen LogP contribution in [0.1, 0.15) is 44.0 Å². The highest BCUT2D eigenvalue weighted by Crippen LogP contribution is 2.23. The van der Waals surface area contributed by atoms with Gasteiger partial charge >= 0.3 is 0 Å². The predicted octanol–water partition coefficient (Wildman–Crippen LogP) is 4.20. The van der Waals surface area contributed by atoms with E-state index in [4.69, 9.17) is 11.6 Å². The van der Waals surface area contributed by atoms with Gasteiger partial charge in [-0.1, -0.05) is 50.6 Å². The molecule has 2 aromatic heterocycles. The first-order chi connectivity index (χ1) is 11.8. The van der Waals surface area contributed by atoms with Crippen LogP contribution in [-0.2, 0) is 17.8 Å². The van der Waals surface area contributed by atoms with Gasteiger partial charge in [-0.15, -0.1) is 10.2 Å². The summed E-state index contributed by atoms with van der Waals surface area (Å²) in [6, 6.07) is 0. The fraction of sp³-hybridized carbons (Fsp3) is 0.529. The van der Waals surface area contributed by atoms with Crippen molar-refractivity contribution in [2.24, 2.45) is 11.8 Å². The van der Waals surface area contributed by atoms with Crippen molar-refractivity contribution in [1.29, 1.82) is 0 Å². The minimum Gasteiger partial charge on any atom is -0.297 e. The van der Waals surface area contributed by atoms with E-state index in [0.29, 0.717) is 22.1 Å². The van der Waals surface area contributed by atoms with Crippen LogP contribution in [-0.4, -0.2) is 25.9 Å². The summed E-state index contributed by atoms with van der Waals surface area (Å²) in [5.74, 6) is 0.678. The summed E-state index contributed by atoms with van der Waals surface area (Å²) in [7, 11) is 0. The van der Waals surface area contributed by atoms with Crippen LogP contribution in [0.25, 0.3) is 6.08 Å². The van der Waals surface area contributed by atoms with Crippen molar-refractivity contribution >= 4 is 40.1 Å². The van der Waals surface area contributed by atoms with Gasteiger partial charge in [-0.3, -0.25) is 14.8 Å². The van der Waals surface area contributed by atoms with Crippen molar-refractivity contribution in [3.05, 3.63) is 27.5 Å². The number of carbonyl (C=O) groups is 1. The normalized spacial score (nSPS) is 11.8. The first kappa shape index (κ1) is 19.6. The van der Waals surface area contributed by atoms with Crippen molar-refractivity contribution in [1.82, 2.24) is 20.0 Å². The van der Waals surface area contributed by atoms with Gasteiger partial charge in [0, 0.05) is 24.6 Å². The second-order valence-electron chi connectivity index (χ2n) is 6.79. The molecule has 1 amide bonds. The lowest BCUT2D eigenvalue weighted by Crippen LogP contribution is -2.07. The van der Waals surface area contributed by atoms with E-state index in [-0.39, 0.29) is 5.91 Å². The van der Waals surface area contributed by atoms with E-state index < -0.39 is 0 Å². The molecule has 2 aromatic rings. The summed E-state index contributed by atoms with van der Waals surface area (Å²) >= 11 is 7.76. The van der Waals surface area contributed by atoms with Gasteiger partial charge in [0.25, 0.3) is 0 Å². The Morgan fingerprint density at radius 1 is 1.28 bits per heavy atom. The highest BCUT2D eigenvalue weighted by molar-refractivity contribution is 7.15. The number of rotatable bonds is 7. The Morgan fingerprint density at radius 2 is 2.00 bits per heavy atom. The zero-order valence-electron chi connectivity index (χ0n) is 15.2. The average molecular weight is 382 g/mol. The van der Waals surface area contributed by atoms with Gasteiger partial charge in [0.05, 0.1) is 5.69 Å². The van der Waals surface area contributed by atoms with Crippen molar-refractivity contribution in [3.8, 4) is 0 Å². The zero-order valence-corrected chi connectivity index (χ0v) is 16.8. The summed E-state index contributed by atoms with van der Waals surface area (Å²) in [5, 5.41) is 17.2. The molecule has 0 fully saturated rings. The summed E-state index contributed by atoms with van der Waals surface area (Å²) < 4.78 is 1.77. The van der Waals surface area contributed by atoms with Crippen LogP contribution in [0.4, 0.5) is 5.13 Å². The number of aryl methyl sites for hydroxylation is 1. The monoisotopic (exact) mass is 381 g/mol. The number of halogens is 1. The maximum atomic E-state index is 12.1. The predicted molar refractivity (Wildman–Crippen MR) is 103 cm³/mol. The molecular formula is C17H24ClN5OS. The van der Waals surface area contributed by atoms with Gasteiger partial charge in [-0.25, -0.2) is 0 Å². The van der Waals surface area contributed by atoms with Crippen LogP contribution in [0.2, 0.25) is 5.15 Å². The third-order valence-corrected chi connectivity index (χ3v) is 4.59. The number of amides is 1. The van der Waals surface area contributed by atoms with Crippen LogP contribution >= 0.6 is 22.9 Å². The molecule has 0 aliphatic heterocycles. The van der Waals surface area contributed by atoms with Gasteiger partial charge in [0.1, 0.15) is 10.2 Å². The Kier molecular flexibility index (Phi) is 6.72. The molecule has 0 atom stereocenters. The molecule has 2 heterocycles. The summed E-state index contributed by atoms with van der Waals surface area (Å²) in [5.41, 5.74) is 1.56. The Morgan fingerprint density at radius 3 is 2.64 bits per heavy atom. The molecule has 0 radical (unpaired) electrons. The molecule has 0 aromatic carbocycles. The minimum absolute atomic E-state index is 0.265. The van der Waals surface area contributed by atoms with E-state index in [0.717, 1.165) is 29.2 Å². The lowest BCUT2D eigenvalue weighted by Gasteiger charge is -2.05. The first-order valence-corrected chi connectivity index (χ1v) is 9.50. The van der Waals surface area contributed by atoms with Crippen molar-refractivity contribution < 1.29 is 4.79 Å². The molecule has 2 rings (SSSR count). The van der Waals surface area contributed by atoms with Crippen LogP contribution in [0.3, 0.4) is 0 Å². The first-order valence-electron chi connectivity index (χ1n) is 8.30. The number of nitrogens with zero attached hydrogens (tertiary/aromatic N) is 4. The number of hydrogen-bond donors (Lipinski definition) is 1. The summed E-state index contributed by atoms with van der Waals surface area (Å²) in [6.07, 6.45) is 3.99. The van der Waals surface area contributed by atoms with Gasteiger partial charge in [0.15, 0.2) is 0 Å². The molecule has 1 N–H and O–H groups in total. The topological polar surface area (TPSA) is 72.7 Å². The van der Waals surface area contributed by atoms with Crippen LogP contribution in [0, 0.1) is 18.8 Å². The SMILES string of the molecule is Cc1nn(CC(C)C)c(Cl)c1/C=C/C(=O)Nc1nnc(CC(C)C)s1. The largest absolute Gasteiger partial charge is 0.297 e. The molecule has 0 aliphatic rings. The lowest BCUT2D eigenvalue weighted by atomic mass is 10.1. The molecule has 0 unspecified atom stereocenters. The highest BCUT2D eigenvalue weighted by atomic mass is 35.5. The molecule has 8 heteroatoms. The Labute approximate surface area is 157 Å².